The van der Waals surface area contributed by atoms with Gasteiger partial charge in [0.15, 0.2) is 0 Å². The zero-order valence-electron chi connectivity index (χ0n) is 7.71. The van der Waals surface area contributed by atoms with Gasteiger partial charge < -0.3 is 0 Å². The molecule has 2 nitrogen and oxygen atoms in total. The number of fused-ring (bicyclic) bond motifs is 2. The SMILES string of the molecule is C=C1C[C@@H]2CCCC(=O)[C@H](C1)C2=O. The lowest BCUT2D eigenvalue weighted by Crippen LogP contribution is -2.32. The van der Waals surface area contributed by atoms with E-state index in [2.05, 4.69) is 6.58 Å². The van der Waals surface area contributed by atoms with Crippen molar-refractivity contribution in [3.05, 3.63) is 12.2 Å². The average molecular weight is 178 g/mol. The number of hydrogen-bond donors (Lipinski definition) is 0. The largest absolute Gasteiger partial charge is 0.299 e. The normalized spacial score (nSPS) is 34.6. The highest BCUT2D eigenvalue weighted by atomic mass is 16.2. The molecule has 0 aliphatic heterocycles. The Morgan fingerprint density at radius 1 is 1.23 bits per heavy atom. The molecule has 70 valence electrons. The second-order valence-corrected chi connectivity index (χ2v) is 4.17. The van der Waals surface area contributed by atoms with Crippen molar-refractivity contribution in [1.29, 1.82) is 0 Å². The molecular weight excluding hydrogens is 164 g/mol. The number of allylic oxidation sites excluding steroid dienone is 1. The summed E-state index contributed by atoms with van der Waals surface area (Å²) in [5, 5.41) is 0. The summed E-state index contributed by atoms with van der Waals surface area (Å²) in [6.45, 7) is 3.90. The maximum atomic E-state index is 11.7. The topological polar surface area (TPSA) is 34.1 Å². The number of Topliss-reactive ketones (excluding diaryl/α,β-unsaturated/α-hetero) is 2. The zero-order valence-corrected chi connectivity index (χ0v) is 7.71. The Morgan fingerprint density at radius 2 is 2.00 bits per heavy atom. The van der Waals surface area contributed by atoms with Crippen LogP contribution in [-0.4, -0.2) is 11.6 Å². The third kappa shape index (κ3) is 1.45. The maximum Gasteiger partial charge on any atom is 0.147 e. The van der Waals surface area contributed by atoms with Crippen molar-refractivity contribution in [2.24, 2.45) is 11.8 Å². The van der Waals surface area contributed by atoms with Gasteiger partial charge >= 0.3 is 0 Å². The Bertz CT molecular complexity index is 278. The number of rotatable bonds is 0. The standard InChI is InChI=1S/C11H14O2/c1-7-5-8-3-2-4-10(12)9(6-7)11(8)13/h8-9H,1-6H2/t8-,9-/m0/s1. The summed E-state index contributed by atoms with van der Waals surface area (Å²) in [5.41, 5.74) is 1.09. The van der Waals surface area contributed by atoms with Crippen LogP contribution in [0.4, 0.5) is 0 Å². The number of carbonyl (C=O) groups excluding carboxylic acids is 2. The van der Waals surface area contributed by atoms with Crippen LogP contribution < -0.4 is 0 Å². The van der Waals surface area contributed by atoms with Crippen LogP contribution in [0, 0.1) is 11.8 Å². The molecule has 2 bridgehead atoms. The van der Waals surface area contributed by atoms with E-state index in [9.17, 15) is 9.59 Å². The van der Waals surface area contributed by atoms with E-state index < -0.39 is 0 Å². The Morgan fingerprint density at radius 3 is 2.77 bits per heavy atom. The highest BCUT2D eigenvalue weighted by Gasteiger charge is 2.38. The van der Waals surface area contributed by atoms with E-state index in [1.54, 1.807) is 0 Å². The molecule has 13 heavy (non-hydrogen) atoms. The molecular formula is C11H14O2. The predicted molar refractivity (Wildman–Crippen MR) is 49.2 cm³/mol. The molecule has 0 aromatic rings. The van der Waals surface area contributed by atoms with E-state index in [0.717, 1.165) is 24.8 Å². The van der Waals surface area contributed by atoms with E-state index in [0.29, 0.717) is 12.8 Å². The smallest absolute Gasteiger partial charge is 0.147 e. The molecule has 0 unspecified atom stereocenters. The second kappa shape index (κ2) is 3.09. The van der Waals surface area contributed by atoms with Gasteiger partial charge in [0.1, 0.15) is 11.6 Å². The van der Waals surface area contributed by atoms with Gasteiger partial charge in [0.25, 0.3) is 0 Å². The van der Waals surface area contributed by atoms with Crippen LogP contribution in [0.15, 0.2) is 12.2 Å². The summed E-state index contributed by atoms with van der Waals surface area (Å²) in [4.78, 5) is 23.2. The van der Waals surface area contributed by atoms with Gasteiger partial charge in [-0.25, -0.2) is 0 Å². The van der Waals surface area contributed by atoms with Crippen LogP contribution in [-0.2, 0) is 9.59 Å². The van der Waals surface area contributed by atoms with Crippen molar-refractivity contribution in [3.8, 4) is 0 Å². The highest BCUT2D eigenvalue weighted by Crippen LogP contribution is 2.35. The van der Waals surface area contributed by atoms with Gasteiger partial charge in [0.2, 0.25) is 0 Å². The summed E-state index contributed by atoms with van der Waals surface area (Å²) in [7, 11) is 0. The molecule has 0 amide bonds. The maximum absolute atomic E-state index is 11.7. The van der Waals surface area contributed by atoms with E-state index in [4.69, 9.17) is 0 Å². The fourth-order valence-electron chi connectivity index (χ4n) is 2.42. The van der Waals surface area contributed by atoms with Crippen molar-refractivity contribution in [1.82, 2.24) is 0 Å². The molecule has 2 aliphatic rings. The van der Waals surface area contributed by atoms with Crippen molar-refractivity contribution in [2.45, 2.75) is 32.1 Å². The van der Waals surface area contributed by atoms with E-state index in [-0.39, 0.29) is 23.4 Å². The lowest BCUT2D eigenvalue weighted by Gasteiger charge is -2.25. The van der Waals surface area contributed by atoms with Gasteiger partial charge in [-0.2, -0.15) is 0 Å². The zero-order chi connectivity index (χ0) is 9.42. The Balaban J connectivity index is 2.29. The summed E-state index contributed by atoms with van der Waals surface area (Å²) >= 11 is 0. The van der Waals surface area contributed by atoms with E-state index in [1.165, 1.54) is 0 Å². The number of carbonyl (C=O) groups is 2. The quantitative estimate of drug-likeness (QED) is 0.419. The summed E-state index contributed by atoms with van der Waals surface area (Å²) < 4.78 is 0. The molecule has 2 aliphatic carbocycles. The first-order valence-electron chi connectivity index (χ1n) is 4.91. The van der Waals surface area contributed by atoms with Crippen LogP contribution in [0.1, 0.15) is 32.1 Å². The first-order chi connectivity index (χ1) is 6.18. The summed E-state index contributed by atoms with van der Waals surface area (Å²) in [6.07, 6.45) is 3.82. The lowest BCUT2D eigenvalue weighted by atomic mass is 9.77. The van der Waals surface area contributed by atoms with Crippen molar-refractivity contribution in [2.75, 3.05) is 0 Å². The number of hydrogen-bond acceptors (Lipinski definition) is 2. The molecule has 0 N–H and O–H groups in total. The van der Waals surface area contributed by atoms with Crippen LogP contribution in [0.2, 0.25) is 0 Å². The molecule has 0 radical (unpaired) electrons. The third-order valence-corrected chi connectivity index (χ3v) is 3.14. The molecule has 0 spiro atoms. The van der Waals surface area contributed by atoms with Gasteiger partial charge in [-0.05, 0) is 25.7 Å². The minimum Gasteiger partial charge on any atom is -0.299 e. The Kier molecular flexibility index (Phi) is 2.06. The number of ketones is 2. The van der Waals surface area contributed by atoms with E-state index in [1.807, 2.05) is 0 Å². The Hall–Kier alpha value is -0.920. The molecule has 2 heteroatoms. The third-order valence-electron chi connectivity index (χ3n) is 3.14. The molecule has 0 heterocycles. The summed E-state index contributed by atoms with van der Waals surface area (Å²) in [6, 6.07) is 0. The molecule has 0 aromatic carbocycles. The van der Waals surface area contributed by atoms with Crippen molar-refractivity contribution < 1.29 is 9.59 Å². The van der Waals surface area contributed by atoms with Crippen LogP contribution in [0.25, 0.3) is 0 Å². The molecule has 0 aromatic heterocycles. The van der Waals surface area contributed by atoms with Gasteiger partial charge in [-0.1, -0.05) is 12.2 Å². The van der Waals surface area contributed by atoms with Gasteiger partial charge in [-0.3, -0.25) is 9.59 Å². The molecule has 2 saturated carbocycles. The molecule has 2 atom stereocenters. The first-order valence-corrected chi connectivity index (χ1v) is 4.91. The monoisotopic (exact) mass is 178 g/mol. The highest BCUT2D eigenvalue weighted by molar-refractivity contribution is 6.05. The minimum atomic E-state index is -0.325. The van der Waals surface area contributed by atoms with Gasteiger partial charge in [-0.15, -0.1) is 0 Å². The van der Waals surface area contributed by atoms with Crippen LogP contribution in [0.5, 0.6) is 0 Å². The fraction of sp³-hybridized carbons (Fsp3) is 0.636. The average Bonchev–Trinajstić information content (AvgIpc) is 2.19. The summed E-state index contributed by atoms with van der Waals surface area (Å²) in [5.74, 6) is 0.120. The Labute approximate surface area is 78.0 Å². The molecule has 2 rings (SSSR count). The minimum absolute atomic E-state index is 0.109. The van der Waals surface area contributed by atoms with Crippen LogP contribution in [0.3, 0.4) is 0 Å². The van der Waals surface area contributed by atoms with Gasteiger partial charge in [0, 0.05) is 12.3 Å². The second-order valence-electron chi connectivity index (χ2n) is 4.17. The fourth-order valence-corrected chi connectivity index (χ4v) is 2.42. The predicted octanol–water partition coefficient (Wildman–Crippen LogP) is 1.89. The molecule has 2 fully saturated rings. The van der Waals surface area contributed by atoms with Crippen molar-refractivity contribution in [3.63, 3.8) is 0 Å². The van der Waals surface area contributed by atoms with E-state index >= 15 is 0 Å². The lowest BCUT2D eigenvalue weighted by molar-refractivity contribution is -0.134. The molecule has 0 saturated heterocycles. The first kappa shape index (κ1) is 8.67. The van der Waals surface area contributed by atoms with Crippen LogP contribution >= 0.6 is 0 Å². The van der Waals surface area contributed by atoms with Gasteiger partial charge in [0.05, 0.1) is 5.92 Å². The van der Waals surface area contributed by atoms with Crippen molar-refractivity contribution >= 4 is 11.6 Å².